The van der Waals surface area contributed by atoms with Crippen LogP contribution in [0.5, 0.6) is 0 Å². The third-order valence-corrected chi connectivity index (χ3v) is 5.32. The zero-order valence-electron chi connectivity index (χ0n) is 16.9. The van der Waals surface area contributed by atoms with E-state index in [4.69, 9.17) is 0 Å². The van der Waals surface area contributed by atoms with Crippen molar-refractivity contribution in [3.63, 3.8) is 0 Å². The molecule has 0 spiro atoms. The van der Waals surface area contributed by atoms with Crippen molar-refractivity contribution in [3.8, 4) is 46.5 Å². The highest BCUT2D eigenvalue weighted by Crippen LogP contribution is 2.45. The van der Waals surface area contributed by atoms with Gasteiger partial charge in [-0.05, 0) is 33.4 Å². The molecule has 0 amide bonds. The van der Waals surface area contributed by atoms with Crippen LogP contribution in [0.15, 0.2) is 96.1 Å². The first-order chi connectivity index (χ1) is 15.7. The van der Waals surface area contributed by atoms with Gasteiger partial charge in [-0.1, -0.05) is 84.9 Å². The molecule has 0 radical (unpaired) electrons. The molecule has 4 nitrogen and oxygen atoms in total. The monoisotopic (exact) mass is 406 g/mol. The van der Waals surface area contributed by atoms with Gasteiger partial charge in [-0.25, -0.2) is 0 Å². The van der Waals surface area contributed by atoms with E-state index in [0.717, 1.165) is 22.3 Å². The van der Waals surface area contributed by atoms with Gasteiger partial charge in [0, 0.05) is 11.1 Å². The maximum atomic E-state index is 9.82. The minimum Gasteiger partial charge on any atom is -0.192 e. The predicted molar refractivity (Wildman–Crippen MR) is 122 cm³/mol. The molecule has 0 aromatic rings. The Morgan fingerprint density at radius 2 is 0.812 bits per heavy atom. The maximum absolute atomic E-state index is 9.82. The molecule has 146 valence electrons. The van der Waals surface area contributed by atoms with Crippen LogP contribution in [-0.2, 0) is 0 Å². The Balaban J connectivity index is 2.14. The Morgan fingerprint density at radius 3 is 1.19 bits per heavy atom. The van der Waals surface area contributed by atoms with Crippen molar-refractivity contribution in [3.05, 3.63) is 107 Å². The van der Waals surface area contributed by atoms with Gasteiger partial charge in [0.05, 0.1) is 0 Å². The van der Waals surface area contributed by atoms with Crippen molar-refractivity contribution in [2.75, 3.05) is 0 Å². The summed E-state index contributed by atoms with van der Waals surface area (Å²) in [4.78, 5) is 0. The van der Waals surface area contributed by atoms with Gasteiger partial charge in [0.25, 0.3) is 0 Å². The molecule has 4 aliphatic rings. The number of rotatable bonds is 3. The van der Waals surface area contributed by atoms with E-state index in [1.54, 1.807) is 0 Å². The second-order valence-corrected chi connectivity index (χ2v) is 7.00. The molecule has 0 aromatic heterocycles. The molecule has 0 aliphatic heterocycles. The van der Waals surface area contributed by atoms with E-state index in [1.807, 2.05) is 109 Å². The summed E-state index contributed by atoms with van der Waals surface area (Å²) in [5.41, 5.74) is 5.00. The summed E-state index contributed by atoms with van der Waals surface area (Å²) in [5.74, 6) is 0. The van der Waals surface area contributed by atoms with Gasteiger partial charge in [0.1, 0.15) is 35.4 Å². The number of nitrogens with zero attached hydrogens (tertiary/aromatic N) is 4. The summed E-state index contributed by atoms with van der Waals surface area (Å²) >= 11 is 0. The van der Waals surface area contributed by atoms with Crippen LogP contribution in [0.4, 0.5) is 0 Å². The van der Waals surface area contributed by atoms with E-state index in [-0.39, 0.29) is 22.3 Å². The molecule has 0 aromatic carbocycles. The zero-order valence-corrected chi connectivity index (χ0v) is 16.9. The Labute approximate surface area is 186 Å². The Hall–Kier alpha value is -5.16. The maximum Gasteiger partial charge on any atom is 0.138 e. The fourth-order valence-corrected chi connectivity index (χ4v) is 3.93. The summed E-state index contributed by atoms with van der Waals surface area (Å²) in [7, 11) is 0. The van der Waals surface area contributed by atoms with Crippen LogP contribution >= 0.6 is 0 Å². The van der Waals surface area contributed by atoms with Gasteiger partial charge in [0.2, 0.25) is 0 Å². The number of fused-ring (bicyclic) bond motifs is 2. The highest BCUT2D eigenvalue weighted by atomic mass is 14.4. The van der Waals surface area contributed by atoms with Crippen molar-refractivity contribution in [2.24, 2.45) is 0 Å². The third kappa shape index (κ3) is 3.36. The first-order valence-electron chi connectivity index (χ1n) is 9.79. The quantitative estimate of drug-likeness (QED) is 0.299. The fraction of sp³-hybridized carbons (Fsp3) is 0. The lowest BCUT2D eigenvalue weighted by atomic mass is 9.85. The topological polar surface area (TPSA) is 95.2 Å². The molecule has 4 aliphatic carbocycles. The van der Waals surface area contributed by atoms with Crippen LogP contribution in [0.25, 0.3) is 33.4 Å². The molecule has 4 rings (SSSR count). The SMILES string of the molecule is N#CC(C#N)=C(C(=C(C#N)C#N)c1ccc2cccccc1-2)c1ccc2cccccc1-2. The van der Waals surface area contributed by atoms with Crippen molar-refractivity contribution in [1.82, 2.24) is 0 Å². The van der Waals surface area contributed by atoms with Crippen LogP contribution < -0.4 is 0 Å². The molecule has 4 heteroatoms. The number of hydrogen-bond acceptors (Lipinski definition) is 4. The second kappa shape index (κ2) is 8.69. The molecule has 0 saturated carbocycles. The van der Waals surface area contributed by atoms with Gasteiger partial charge in [0.15, 0.2) is 0 Å². The minimum atomic E-state index is -0.156. The van der Waals surface area contributed by atoms with Crippen LogP contribution in [-0.4, -0.2) is 0 Å². The average Bonchev–Trinajstić information content (AvgIpc) is 3.20. The Bertz CT molecular complexity index is 1360. The molecular formula is C28H14N4. The third-order valence-electron chi connectivity index (χ3n) is 5.32. The Morgan fingerprint density at radius 1 is 0.438 bits per heavy atom. The molecule has 0 unspecified atom stereocenters. The normalized spacial score (nSPS) is 9.75. The van der Waals surface area contributed by atoms with E-state index in [0.29, 0.717) is 11.1 Å². The first kappa shape index (κ1) is 20.1. The van der Waals surface area contributed by atoms with Crippen molar-refractivity contribution in [1.29, 1.82) is 21.0 Å². The smallest absolute Gasteiger partial charge is 0.138 e. The summed E-state index contributed by atoms with van der Waals surface area (Å²) in [6.45, 7) is 0. The molecule has 0 heterocycles. The first-order valence-corrected chi connectivity index (χ1v) is 9.79. The number of allylic oxidation sites excluding steroid dienone is 4. The van der Waals surface area contributed by atoms with E-state index >= 15 is 0 Å². The Kier molecular flexibility index (Phi) is 5.46. The van der Waals surface area contributed by atoms with Crippen LogP contribution in [0, 0.1) is 45.3 Å². The zero-order chi connectivity index (χ0) is 22.5. The van der Waals surface area contributed by atoms with Gasteiger partial charge >= 0.3 is 0 Å². The van der Waals surface area contributed by atoms with E-state index in [9.17, 15) is 21.0 Å². The van der Waals surface area contributed by atoms with Crippen LogP contribution in [0.1, 0.15) is 11.1 Å². The van der Waals surface area contributed by atoms with Crippen LogP contribution in [0.2, 0.25) is 0 Å². The minimum absolute atomic E-state index is 0.156. The predicted octanol–water partition coefficient (Wildman–Crippen LogP) is 6.20. The van der Waals surface area contributed by atoms with Gasteiger partial charge in [-0.3, -0.25) is 0 Å². The van der Waals surface area contributed by atoms with Crippen molar-refractivity contribution in [2.45, 2.75) is 0 Å². The molecule has 32 heavy (non-hydrogen) atoms. The highest BCUT2D eigenvalue weighted by Gasteiger charge is 2.26. The van der Waals surface area contributed by atoms with Gasteiger partial charge in [-0.15, -0.1) is 0 Å². The summed E-state index contributed by atoms with van der Waals surface area (Å²) in [5, 5.41) is 39.3. The number of hydrogen-bond donors (Lipinski definition) is 0. The highest BCUT2D eigenvalue weighted by molar-refractivity contribution is 6.15. The molecule has 0 saturated heterocycles. The molecule has 0 N–H and O–H groups in total. The second-order valence-electron chi connectivity index (χ2n) is 7.00. The van der Waals surface area contributed by atoms with E-state index in [1.165, 1.54) is 0 Å². The fourth-order valence-electron chi connectivity index (χ4n) is 3.93. The van der Waals surface area contributed by atoms with Gasteiger partial charge in [-0.2, -0.15) is 21.0 Å². The lowest BCUT2D eigenvalue weighted by molar-refractivity contribution is 1.45. The molecular weight excluding hydrogens is 392 g/mol. The summed E-state index contributed by atoms with van der Waals surface area (Å²) < 4.78 is 0. The number of nitriles is 4. The van der Waals surface area contributed by atoms with Crippen LogP contribution in [0.3, 0.4) is 0 Å². The largest absolute Gasteiger partial charge is 0.192 e. The summed E-state index contributed by atoms with van der Waals surface area (Å²) in [6, 6.07) is 34.4. The summed E-state index contributed by atoms with van der Waals surface area (Å²) in [6.07, 6.45) is 0. The van der Waals surface area contributed by atoms with Crippen molar-refractivity contribution < 1.29 is 0 Å². The van der Waals surface area contributed by atoms with E-state index < -0.39 is 0 Å². The van der Waals surface area contributed by atoms with Gasteiger partial charge < -0.3 is 0 Å². The molecule has 0 fully saturated rings. The lowest BCUT2D eigenvalue weighted by Gasteiger charge is -2.15. The van der Waals surface area contributed by atoms with E-state index in [2.05, 4.69) is 0 Å². The van der Waals surface area contributed by atoms with Crippen molar-refractivity contribution >= 4 is 11.1 Å². The average molecular weight is 406 g/mol. The standard InChI is InChI=1S/C28H14N4/c29-15-21(16-30)27(25-13-11-19-7-3-1-5-9-23(19)25)28(22(17-31)18-32)26-14-12-20-8-4-2-6-10-24(20)26/h1-14H. The molecule has 0 atom stereocenters. The molecule has 0 bridgehead atoms. The lowest BCUT2D eigenvalue weighted by Crippen LogP contribution is -1.98.